The molecule has 0 bridgehead atoms. The molecule has 0 aliphatic rings. The van der Waals surface area contributed by atoms with Crippen LogP contribution in [-0.2, 0) is 13.1 Å². The van der Waals surface area contributed by atoms with E-state index in [0.717, 1.165) is 24.2 Å². The summed E-state index contributed by atoms with van der Waals surface area (Å²) in [5, 5.41) is 20.2. The maximum absolute atomic E-state index is 10.1. The molecule has 5 heteroatoms. The summed E-state index contributed by atoms with van der Waals surface area (Å²) in [6.07, 6.45) is 0. The predicted molar refractivity (Wildman–Crippen MR) is 108 cm³/mol. The summed E-state index contributed by atoms with van der Waals surface area (Å²) in [6, 6.07) is 7.67. The molecule has 1 aromatic rings. The highest BCUT2D eigenvalue weighted by molar-refractivity contribution is 6.59. The van der Waals surface area contributed by atoms with Crippen LogP contribution in [0.2, 0.25) is 0 Å². The minimum Gasteiger partial charge on any atom is -0.423 e. The summed E-state index contributed by atoms with van der Waals surface area (Å²) in [4.78, 5) is 4.74. The van der Waals surface area contributed by atoms with E-state index in [0.29, 0.717) is 29.6 Å². The average molecular weight is 348 g/mol. The second-order valence-corrected chi connectivity index (χ2v) is 8.08. The number of rotatable bonds is 9. The van der Waals surface area contributed by atoms with Crippen LogP contribution in [0.3, 0.4) is 0 Å². The second-order valence-electron chi connectivity index (χ2n) is 8.08. The van der Waals surface area contributed by atoms with E-state index in [1.165, 1.54) is 0 Å². The van der Waals surface area contributed by atoms with Crippen molar-refractivity contribution in [2.75, 3.05) is 0 Å². The molecule has 0 heterocycles. The molecular weight excluding hydrogens is 311 g/mol. The van der Waals surface area contributed by atoms with Gasteiger partial charge in [0.1, 0.15) is 0 Å². The van der Waals surface area contributed by atoms with Gasteiger partial charge >= 0.3 is 7.12 Å². The summed E-state index contributed by atoms with van der Waals surface area (Å²) in [6.45, 7) is 18.9. The van der Waals surface area contributed by atoms with Crippen LogP contribution in [0.4, 0.5) is 0 Å². The summed E-state index contributed by atoms with van der Waals surface area (Å²) < 4.78 is 0. The lowest BCUT2D eigenvalue weighted by Crippen LogP contribution is -2.44. The summed E-state index contributed by atoms with van der Waals surface area (Å²) in [7, 11) is -1.45. The lowest BCUT2D eigenvalue weighted by molar-refractivity contribution is 0.163. The van der Waals surface area contributed by atoms with Gasteiger partial charge in [0.15, 0.2) is 0 Å². The molecule has 1 rings (SSSR count). The van der Waals surface area contributed by atoms with Crippen molar-refractivity contribution in [2.24, 2.45) is 0 Å². The highest BCUT2D eigenvalue weighted by atomic mass is 16.4. The van der Waals surface area contributed by atoms with Gasteiger partial charge in [0.2, 0.25) is 0 Å². The largest absolute Gasteiger partial charge is 0.489 e. The lowest BCUT2D eigenvalue weighted by Gasteiger charge is -2.33. The second kappa shape index (κ2) is 9.72. The van der Waals surface area contributed by atoms with Crippen LogP contribution in [0.25, 0.3) is 0 Å². The Kier molecular flexibility index (Phi) is 8.62. The van der Waals surface area contributed by atoms with Gasteiger partial charge in [-0.15, -0.1) is 0 Å². The smallest absolute Gasteiger partial charge is 0.423 e. The third-order valence-corrected chi connectivity index (χ3v) is 4.90. The Bertz CT molecular complexity index is 474. The molecule has 0 aliphatic carbocycles. The molecule has 0 aromatic heterocycles. The van der Waals surface area contributed by atoms with Crippen LogP contribution in [0.1, 0.15) is 66.5 Å². The van der Waals surface area contributed by atoms with Crippen molar-refractivity contribution in [1.82, 2.24) is 9.80 Å². The van der Waals surface area contributed by atoms with Gasteiger partial charge in [-0.25, -0.2) is 0 Å². The van der Waals surface area contributed by atoms with Crippen LogP contribution in [-0.4, -0.2) is 51.1 Å². The normalized spacial score (nSPS) is 12.5. The van der Waals surface area contributed by atoms with Gasteiger partial charge in [0, 0.05) is 37.3 Å². The van der Waals surface area contributed by atoms with E-state index in [1.54, 1.807) is 0 Å². The molecule has 0 unspecified atom stereocenters. The van der Waals surface area contributed by atoms with Crippen LogP contribution in [0.5, 0.6) is 0 Å². The Morgan fingerprint density at radius 2 is 1.04 bits per heavy atom. The van der Waals surface area contributed by atoms with Crippen LogP contribution in [0, 0.1) is 0 Å². The first-order valence-electron chi connectivity index (χ1n) is 9.54. The van der Waals surface area contributed by atoms with Crippen LogP contribution in [0.15, 0.2) is 18.2 Å². The van der Waals surface area contributed by atoms with Crippen molar-refractivity contribution >= 4 is 12.6 Å². The zero-order valence-electron chi connectivity index (χ0n) is 17.3. The first-order chi connectivity index (χ1) is 11.6. The molecule has 0 amide bonds. The molecule has 0 saturated heterocycles. The average Bonchev–Trinajstić information content (AvgIpc) is 2.48. The van der Waals surface area contributed by atoms with E-state index in [2.05, 4.69) is 65.2 Å². The Labute approximate surface area is 155 Å². The standard InChI is InChI=1S/C20H37BN2O2/c1-14(2)22(15(3)4)12-18-10-9-11-19(20(18)21(24)25)13-23(16(5)6)17(7)8/h9-11,14-17,24-25H,12-13H2,1-8H3. The highest BCUT2D eigenvalue weighted by Gasteiger charge is 2.25. The Hall–Kier alpha value is -0.875. The fourth-order valence-corrected chi connectivity index (χ4v) is 3.59. The number of nitrogens with zero attached hydrogens (tertiary/aromatic N) is 2. The van der Waals surface area contributed by atoms with E-state index in [-0.39, 0.29) is 0 Å². The zero-order valence-corrected chi connectivity index (χ0v) is 17.3. The summed E-state index contributed by atoms with van der Waals surface area (Å²) >= 11 is 0. The maximum atomic E-state index is 10.1. The van der Waals surface area contributed by atoms with Crippen molar-refractivity contribution < 1.29 is 10.0 Å². The van der Waals surface area contributed by atoms with Gasteiger partial charge in [0.25, 0.3) is 0 Å². The van der Waals surface area contributed by atoms with Gasteiger partial charge in [0.05, 0.1) is 0 Å². The third kappa shape index (κ3) is 6.10. The van der Waals surface area contributed by atoms with E-state index < -0.39 is 7.12 Å². The summed E-state index contributed by atoms with van der Waals surface area (Å²) in [5.74, 6) is 0. The molecule has 142 valence electrons. The molecule has 2 N–H and O–H groups in total. The SMILES string of the molecule is CC(C)N(Cc1cccc(CN(C(C)C)C(C)C)c1B(O)O)C(C)C. The highest BCUT2D eigenvalue weighted by Crippen LogP contribution is 2.16. The van der Waals surface area contributed by atoms with Gasteiger partial charge in [-0.2, -0.15) is 0 Å². The van der Waals surface area contributed by atoms with Gasteiger partial charge in [-0.3, -0.25) is 9.80 Å². The lowest BCUT2D eigenvalue weighted by atomic mass is 9.73. The molecule has 0 atom stereocenters. The third-order valence-electron chi connectivity index (χ3n) is 4.90. The maximum Gasteiger partial charge on any atom is 0.489 e. The number of benzene rings is 1. The van der Waals surface area contributed by atoms with Crippen molar-refractivity contribution in [1.29, 1.82) is 0 Å². The zero-order chi connectivity index (χ0) is 19.3. The van der Waals surface area contributed by atoms with E-state index in [4.69, 9.17) is 0 Å². The minimum atomic E-state index is -1.45. The van der Waals surface area contributed by atoms with Crippen LogP contribution >= 0.6 is 0 Å². The Morgan fingerprint density at radius 1 is 0.720 bits per heavy atom. The topological polar surface area (TPSA) is 46.9 Å². The van der Waals surface area contributed by atoms with E-state index in [1.807, 2.05) is 18.2 Å². The van der Waals surface area contributed by atoms with Crippen molar-refractivity contribution in [3.05, 3.63) is 29.3 Å². The number of hydrogen-bond donors (Lipinski definition) is 2. The summed E-state index contributed by atoms with van der Waals surface area (Å²) in [5.41, 5.74) is 2.67. The Morgan fingerprint density at radius 3 is 1.28 bits per heavy atom. The Balaban J connectivity index is 3.25. The quantitative estimate of drug-likeness (QED) is 0.674. The van der Waals surface area contributed by atoms with Gasteiger partial charge in [-0.05, 0) is 72.0 Å². The first kappa shape index (κ1) is 22.2. The van der Waals surface area contributed by atoms with Crippen molar-refractivity contribution in [3.63, 3.8) is 0 Å². The molecule has 25 heavy (non-hydrogen) atoms. The van der Waals surface area contributed by atoms with Crippen molar-refractivity contribution in [3.8, 4) is 0 Å². The van der Waals surface area contributed by atoms with E-state index >= 15 is 0 Å². The molecule has 0 spiro atoms. The molecule has 0 radical (unpaired) electrons. The molecule has 0 fully saturated rings. The minimum absolute atomic E-state index is 0.398. The monoisotopic (exact) mass is 348 g/mol. The molecule has 4 nitrogen and oxygen atoms in total. The van der Waals surface area contributed by atoms with Crippen LogP contribution < -0.4 is 5.46 Å². The van der Waals surface area contributed by atoms with Gasteiger partial charge in [-0.1, -0.05) is 18.2 Å². The molecule has 0 aliphatic heterocycles. The predicted octanol–water partition coefficient (Wildman–Crippen LogP) is 2.60. The van der Waals surface area contributed by atoms with E-state index in [9.17, 15) is 10.0 Å². The van der Waals surface area contributed by atoms with Crippen molar-refractivity contribution in [2.45, 2.75) is 92.6 Å². The molecule has 0 saturated carbocycles. The first-order valence-corrected chi connectivity index (χ1v) is 9.54. The fourth-order valence-electron chi connectivity index (χ4n) is 3.59. The molecular formula is C20H37BN2O2. The number of hydrogen-bond acceptors (Lipinski definition) is 4. The molecule has 1 aromatic carbocycles. The fraction of sp³-hybridized carbons (Fsp3) is 0.700. The van der Waals surface area contributed by atoms with Gasteiger partial charge < -0.3 is 10.0 Å².